The smallest absolute Gasteiger partial charge is 0.321 e. The van der Waals surface area contributed by atoms with Gasteiger partial charge < -0.3 is 16.0 Å². The number of hydrogen-bond acceptors (Lipinski definition) is 2. The van der Waals surface area contributed by atoms with Gasteiger partial charge in [-0.15, -0.1) is 0 Å². The van der Waals surface area contributed by atoms with E-state index in [1.54, 1.807) is 17.0 Å². The molecule has 0 heterocycles. The van der Waals surface area contributed by atoms with Crippen LogP contribution in [0.4, 0.5) is 14.9 Å². The Morgan fingerprint density at radius 1 is 1.44 bits per heavy atom. The molecule has 18 heavy (non-hydrogen) atoms. The average molecular weight is 253 g/mol. The first-order valence-corrected chi connectivity index (χ1v) is 6.19. The molecule has 5 heteroatoms. The van der Waals surface area contributed by atoms with Gasteiger partial charge in [0, 0.05) is 18.8 Å². The second kappa shape index (κ2) is 7.66. The van der Waals surface area contributed by atoms with Crippen molar-refractivity contribution in [3.8, 4) is 0 Å². The first-order valence-electron chi connectivity index (χ1n) is 6.19. The molecule has 0 unspecified atom stereocenters. The van der Waals surface area contributed by atoms with Crippen LogP contribution in [0.5, 0.6) is 0 Å². The lowest BCUT2D eigenvalue weighted by molar-refractivity contribution is 0.211. The van der Waals surface area contributed by atoms with Gasteiger partial charge in [0.05, 0.1) is 0 Å². The van der Waals surface area contributed by atoms with Crippen LogP contribution in [-0.2, 0) is 0 Å². The molecule has 100 valence electrons. The predicted octanol–water partition coefficient (Wildman–Crippen LogP) is 2.42. The summed E-state index contributed by atoms with van der Waals surface area (Å²) in [4.78, 5) is 13.7. The van der Waals surface area contributed by atoms with Crippen molar-refractivity contribution in [3.05, 3.63) is 30.1 Å². The van der Waals surface area contributed by atoms with E-state index in [9.17, 15) is 9.18 Å². The molecule has 0 spiro atoms. The zero-order valence-corrected chi connectivity index (χ0v) is 10.7. The number of rotatable bonds is 6. The second-order valence-electron chi connectivity index (χ2n) is 4.07. The maximum absolute atomic E-state index is 13.0. The molecule has 0 saturated heterocycles. The van der Waals surface area contributed by atoms with E-state index in [0.717, 1.165) is 12.8 Å². The van der Waals surface area contributed by atoms with Gasteiger partial charge in [0.1, 0.15) is 5.82 Å². The van der Waals surface area contributed by atoms with Gasteiger partial charge in [-0.1, -0.05) is 13.0 Å². The lowest BCUT2D eigenvalue weighted by Crippen LogP contribution is -2.37. The van der Waals surface area contributed by atoms with Crippen molar-refractivity contribution >= 4 is 11.7 Å². The average Bonchev–Trinajstić information content (AvgIpc) is 2.34. The van der Waals surface area contributed by atoms with E-state index >= 15 is 0 Å². The van der Waals surface area contributed by atoms with Crippen LogP contribution in [-0.4, -0.2) is 30.6 Å². The van der Waals surface area contributed by atoms with Crippen LogP contribution in [0.25, 0.3) is 0 Å². The van der Waals surface area contributed by atoms with Crippen LogP contribution in [0.2, 0.25) is 0 Å². The van der Waals surface area contributed by atoms with E-state index in [1.807, 2.05) is 6.92 Å². The van der Waals surface area contributed by atoms with E-state index in [2.05, 4.69) is 5.32 Å². The van der Waals surface area contributed by atoms with Gasteiger partial charge in [0.25, 0.3) is 0 Å². The summed E-state index contributed by atoms with van der Waals surface area (Å²) in [5.74, 6) is -0.364. The molecule has 4 nitrogen and oxygen atoms in total. The number of hydrogen-bond donors (Lipinski definition) is 2. The van der Waals surface area contributed by atoms with Gasteiger partial charge in [-0.2, -0.15) is 0 Å². The van der Waals surface area contributed by atoms with E-state index in [4.69, 9.17) is 5.73 Å². The molecule has 0 fully saturated rings. The molecule has 1 rings (SSSR count). The second-order valence-corrected chi connectivity index (χ2v) is 4.07. The van der Waals surface area contributed by atoms with Crippen molar-refractivity contribution < 1.29 is 9.18 Å². The van der Waals surface area contributed by atoms with Gasteiger partial charge in [0.15, 0.2) is 0 Å². The molecule has 0 aliphatic rings. The minimum Gasteiger partial charge on any atom is -0.330 e. The Morgan fingerprint density at radius 2 is 2.22 bits per heavy atom. The van der Waals surface area contributed by atoms with E-state index in [0.29, 0.717) is 25.3 Å². The molecule has 1 aromatic carbocycles. The number of nitrogens with zero attached hydrogens (tertiary/aromatic N) is 1. The summed E-state index contributed by atoms with van der Waals surface area (Å²) in [5.41, 5.74) is 5.90. The van der Waals surface area contributed by atoms with E-state index < -0.39 is 0 Å². The maximum atomic E-state index is 13.0. The first-order chi connectivity index (χ1) is 8.67. The topological polar surface area (TPSA) is 58.4 Å². The highest BCUT2D eigenvalue weighted by Gasteiger charge is 2.12. The van der Waals surface area contributed by atoms with Crippen molar-refractivity contribution in [1.29, 1.82) is 0 Å². The van der Waals surface area contributed by atoms with Crippen molar-refractivity contribution in [3.63, 3.8) is 0 Å². The Labute approximate surface area is 107 Å². The molecule has 2 amide bonds. The molecular formula is C13H20FN3O. The maximum Gasteiger partial charge on any atom is 0.321 e. The van der Waals surface area contributed by atoms with Crippen LogP contribution in [0.1, 0.15) is 19.8 Å². The minimum atomic E-state index is -0.364. The van der Waals surface area contributed by atoms with Gasteiger partial charge in [-0.05, 0) is 37.6 Å². The van der Waals surface area contributed by atoms with Crippen molar-refractivity contribution in [2.75, 3.05) is 25.0 Å². The number of urea groups is 1. The molecule has 0 saturated carbocycles. The van der Waals surface area contributed by atoms with Crippen molar-refractivity contribution in [2.24, 2.45) is 5.73 Å². The third-order valence-electron chi connectivity index (χ3n) is 2.49. The number of carbonyl (C=O) groups excluding carboxylic acids is 1. The van der Waals surface area contributed by atoms with Crippen molar-refractivity contribution in [1.82, 2.24) is 4.90 Å². The highest BCUT2D eigenvalue weighted by Crippen LogP contribution is 2.10. The third-order valence-corrected chi connectivity index (χ3v) is 2.49. The molecule has 0 radical (unpaired) electrons. The first kappa shape index (κ1) is 14.4. The fraction of sp³-hybridized carbons (Fsp3) is 0.462. The molecule has 0 aliphatic heterocycles. The number of benzene rings is 1. The molecule has 3 N–H and O–H groups in total. The summed E-state index contributed by atoms with van der Waals surface area (Å²) in [5, 5.41) is 2.68. The van der Waals surface area contributed by atoms with Gasteiger partial charge >= 0.3 is 6.03 Å². The standard InChI is InChI=1S/C13H20FN3O/c1-2-8-17(9-4-7-15)13(18)16-12-6-3-5-11(14)10-12/h3,5-6,10H,2,4,7-9,15H2,1H3,(H,16,18). The molecule has 0 aliphatic carbocycles. The van der Waals surface area contributed by atoms with Crippen LogP contribution in [0.3, 0.4) is 0 Å². The molecule has 0 aromatic heterocycles. The molecule has 0 bridgehead atoms. The summed E-state index contributed by atoms with van der Waals surface area (Å²) < 4.78 is 13.0. The summed E-state index contributed by atoms with van der Waals surface area (Å²) in [6.45, 7) is 3.84. The predicted molar refractivity (Wildman–Crippen MR) is 71.0 cm³/mol. The Hall–Kier alpha value is -1.62. The summed E-state index contributed by atoms with van der Waals surface area (Å²) in [7, 11) is 0. The van der Waals surface area contributed by atoms with E-state index in [-0.39, 0.29) is 11.8 Å². The Bertz CT molecular complexity index is 384. The Balaban J connectivity index is 2.60. The highest BCUT2D eigenvalue weighted by atomic mass is 19.1. The third kappa shape index (κ3) is 4.71. The van der Waals surface area contributed by atoms with Gasteiger partial charge in [0.2, 0.25) is 0 Å². The normalized spacial score (nSPS) is 10.2. The molecule has 0 atom stereocenters. The van der Waals surface area contributed by atoms with Gasteiger partial charge in [-0.25, -0.2) is 9.18 Å². The number of amides is 2. The van der Waals surface area contributed by atoms with E-state index in [1.165, 1.54) is 12.1 Å². The monoisotopic (exact) mass is 253 g/mol. The number of halogens is 1. The lowest BCUT2D eigenvalue weighted by atomic mass is 10.3. The minimum absolute atomic E-state index is 0.212. The van der Waals surface area contributed by atoms with Crippen LogP contribution < -0.4 is 11.1 Å². The lowest BCUT2D eigenvalue weighted by Gasteiger charge is -2.22. The quantitative estimate of drug-likeness (QED) is 0.818. The zero-order chi connectivity index (χ0) is 13.4. The summed E-state index contributed by atoms with van der Waals surface area (Å²) in [6, 6.07) is 5.65. The largest absolute Gasteiger partial charge is 0.330 e. The molecular weight excluding hydrogens is 233 g/mol. The zero-order valence-electron chi connectivity index (χ0n) is 10.7. The summed E-state index contributed by atoms with van der Waals surface area (Å²) >= 11 is 0. The Kier molecular flexibility index (Phi) is 6.14. The Morgan fingerprint density at radius 3 is 2.83 bits per heavy atom. The SMILES string of the molecule is CCCN(CCCN)C(=O)Nc1cccc(F)c1. The number of anilines is 1. The highest BCUT2D eigenvalue weighted by molar-refractivity contribution is 5.89. The number of nitrogens with two attached hydrogens (primary N) is 1. The molecule has 1 aromatic rings. The number of carbonyl (C=O) groups is 1. The number of nitrogens with one attached hydrogen (secondary N) is 1. The van der Waals surface area contributed by atoms with Crippen molar-refractivity contribution in [2.45, 2.75) is 19.8 Å². The van der Waals surface area contributed by atoms with Crippen LogP contribution >= 0.6 is 0 Å². The van der Waals surface area contributed by atoms with Gasteiger partial charge in [-0.3, -0.25) is 0 Å². The van der Waals surface area contributed by atoms with Crippen LogP contribution in [0.15, 0.2) is 24.3 Å². The fourth-order valence-corrected chi connectivity index (χ4v) is 1.64. The van der Waals surface area contributed by atoms with Crippen LogP contribution in [0, 0.1) is 5.82 Å². The summed E-state index contributed by atoms with van der Waals surface area (Å²) in [6.07, 6.45) is 1.64. The fourth-order valence-electron chi connectivity index (χ4n) is 1.64.